The zero-order chi connectivity index (χ0) is 25.2. The molecule has 36 heavy (non-hydrogen) atoms. The van der Waals surface area contributed by atoms with Crippen LogP contribution in [0.2, 0.25) is 0 Å². The Balaban J connectivity index is 0.00000456. The van der Waals surface area contributed by atoms with Gasteiger partial charge < -0.3 is 16.2 Å². The van der Waals surface area contributed by atoms with Crippen LogP contribution in [0.15, 0.2) is 66.7 Å². The molecule has 3 amide bonds. The van der Waals surface area contributed by atoms with Crippen LogP contribution in [-0.2, 0) is 16.1 Å². The third-order valence-corrected chi connectivity index (χ3v) is 6.05. The maximum atomic E-state index is 13.7. The zero-order valence-electron chi connectivity index (χ0n) is 20.5. The molecule has 0 aliphatic carbocycles. The minimum atomic E-state index is -0.793. The summed E-state index contributed by atoms with van der Waals surface area (Å²) < 4.78 is 0. The lowest BCUT2D eigenvalue weighted by molar-refractivity contribution is -0.147. The number of hydrogen-bond donors (Lipinski definition) is 3. The Kier molecular flexibility index (Phi) is 11.5. The summed E-state index contributed by atoms with van der Waals surface area (Å²) in [5.74, 6) is -2.20. The van der Waals surface area contributed by atoms with Crippen molar-refractivity contribution < 1.29 is 19.5 Å². The number of aliphatic hydroxyl groups excluding tert-OH is 1. The lowest BCUT2D eigenvalue weighted by Crippen LogP contribution is -2.45. The molecule has 0 fully saturated rings. The molecule has 192 valence electrons. The molecule has 0 aromatic heterocycles. The highest BCUT2D eigenvalue weighted by Crippen LogP contribution is 2.24. The molecule has 4 N–H and O–H groups in total. The number of aliphatic hydroxyl groups is 1. The topological polar surface area (TPSA) is 113 Å². The minimum absolute atomic E-state index is 0. The SMILES string of the molecule is CCCCCN(C(=O)CO)C(=O)C(CNC(=O)c1cccc(CN)c1)c1ccc2ccccc2c1.Cl. The quantitative estimate of drug-likeness (QED) is 0.339. The van der Waals surface area contributed by atoms with Crippen molar-refractivity contribution in [3.05, 3.63) is 83.4 Å². The second-order valence-electron chi connectivity index (χ2n) is 8.52. The van der Waals surface area contributed by atoms with E-state index in [4.69, 9.17) is 5.73 Å². The molecule has 0 saturated heterocycles. The second-order valence-corrected chi connectivity index (χ2v) is 8.52. The molecule has 3 rings (SSSR count). The van der Waals surface area contributed by atoms with Gasteiger partial charge in [0.1, 0.15) is 6.61 Å². The van der Waals surface area contributed by atoms with Gasteiger partial charge in [0.2, 0.25) is 5.91 Å². The van der Waals surface area contributed by atoms with E-state index < -0.39 is 24.3 Å². The van der Waals surface area contributed by atoms with Crippen LogP contribution in [0.4, 0.5) is 0 Å². The molecule has 1 unspecified atom stereocenters. The summed E-state index contributed by atoms with van der Waals surface area (Å²) in [6.07, 6.45) is 2.44. The van der Waals surface area contributed by atoms with Crippen LogP contribution in [-0.4, -0.2) is 47.4 Å². The fourth-order valence-corrected chi connectivity index (χ4v) is 4.06. The van der Waals surface area contributed by atoms with Gasteiger partial charge >= 0.3 is 0 Å². The first-order valence-corrected chi connectivity index (χ1v) is 12.0. The Morgan fingerprint density at radius 2 is 1.72 bits per heavy atom. The third-order valence-electron chi connectivity index (χ3n) is 6.05. The van der Waals surface area contributed by atoms with E-state index in [0.29, 0.717) is 24.1 Å². The smallest absolute Gasteiger partial charge is 0.254 e. The maximum absolute atomic E-state index is 13.7. The molecule has 8 heteroatoms. The van der Waals surface area contributed by atoms with Crippen LogP contribution < -0.4 is 11.1 Å². The number of hydrogen-bond acceptors (Lipinski definition) is 5. The molecular weight excluding hydrogens is 478 g/mol. The van der Waals surface area contributed by atoms with Gasteiger partial charge in [-0.15, -0.1) is 12.4 Å². The molecule has 0 spiro atoms. The number of nitrogens with two attached hydrogens (primary N) is 1. The molecule has 0 aliphatic rings. The van der Waals surface area contributed by atoms with Crippen LogP contribution in [0.5, 0.6) is 0 Å². The van der Waals surface area contributed by atoms with E-state index in [1.54, 1.807) is 18.2 Å². The average molecular weight is 512 g/mol. The molecular formula is C28H34ClN3O4. The third kappa shape index (κ3) is 7.37. The van der Waals surface area contributed by atoms with E-state index in [9.17, 15) is 19.5 Å². The van der Waals surface area contributed by atoms with Crippen molar-refractivity contribution in [1.29, 1.82) is 0 Å². The van der Waals surface area contributed by atoms with E-state index in [2.05, 4.69) is 5.32 Å². The van der Waals surface area contributed by atoms with Gasteiger partial charge in [0.25, 0.3) is 11.8 Å². The van der Waals surface area contributed by atoms with Crippen molar-refractivity contribution in [3.63, 3.8) is 0 Å². The number of imide groups is 1. The number of halogens is 1. The number of carbonyl (C=O) groups excluding carboxylic acids is 3. The fraction of sp³-hybridized carbons (Fsp3) is 0.321. The first kappa shape index (κ1) is 29.0. The van der Waals surface area contributed by atoms with Crippen LogP contribution in [0.3, 0.4) is 0 Å². The largest absolute Gasteiger partial charge is 0.387 e. The summed E-state index contributed by atoms with van der Waals surface area (Å²) in [4.78, 5) is 40.1. The van der Waals surface area contributed by atoms with E-state index >= 15 is 0 Å². The number of rotatable bonds is 11. The molecule has 0 radical (unpaired) electrons. The monoisotopic (exact) mass is 511 g/mol. The molecule has 7 nitrogen and oxygen atoms in total. The Morgan fingerprint density at radius 1 is 0.972 bits per heavy atom. The summed E-state index contributed by atoms with van der Waals surface area (Å²) in [7, 11) is 0. The summed E-state index contributed by atoms with van der Waals surface area (Å²) in [5, 5.41) is 14.3. The molecule has 0 saturated carbocycles. The van der Waals surface area contributed by atoms with Crippen molar-refractivity contribution in [2.24, 2.45) is 5.73 Å². The lowest BCUT2D eigenvalue weighted by atomic mass is 9.94. The van der Waals surface area contributed by atoms with Gasteiger partial charge in [-0.1, -0.05) is 74.4 Å². The summed E-state index contributed by atoms with van der Waals surface area (Å²) in [6.45, 7) is 1.83. The second kappa shape index (κ2) is 14.3. The van der Waals surface area contributed by atoms with E-state index in [-0.39, 0.29) is 31.4 Å². The normalized spacial score (nSPS) is 11.4. The average Bonchev–Trinajstić information content (AvgIpc) is 2.90. The van der Waals surface area contributed by atoms with Gasteiger partial charge in [0.05, 0.1) is 5.92 Å². The first-order chi connectivity index (χ1) is 17.0. The lowest BCUT2D eigenvalue weighted by Gasteiger charge is -2.26. The molecule has 0 bridgehead atoms. The van der Waals surface area contributed by atoms with Crippen molar-refractivity contribution in [2.45, 2.75) is 38.6 Å². The molecule has 3 aromatic carbocycles. The Bertz CT molecular complexity index is 1180. The number of amides is 3. The zero-order valence-corrected chi connectivity index (χ0v) is 21.3. The van der Waals surface area contributed by atoms with Crippen molar-refractivity contribution in [3.8, 4) is 0 Å². The van der Waals surface area contributed by atoms with Gasteiger partial charge in [0, 0.05) is 25.2 Å². The number of nitrogens with zero attached hydrogens (tertiary/aromatic N) is 1. The summed E-state index contributed by atoms with van der Waals surface area (Å²) in [6, 6.07) is 20.5. The van der Waals surface area contributed by atoms with Gasteiger partial charge in [0.15, 0.2) is 0 Å². The van der Waals surface area contributed by atoms with Crippen molar-refractivity contribution in [1.82, 2.24) is 10.2 Å². The van der Waals surface area contributed by atoms with E-state index in [1.165, 1.54) is 0 Å². The predicted molar refractivity (Wildman–Crippen MR) is 144 cm³/mol. The first-order valence-electron chi connectivity index (χ1n) is 12.0. The Hall–Kier alpha value is -3.26. The number of unbranched alkanes of at least 4 members (excludes halogenated alkanes) is 2. The van der Waals surface area contributed by atoms with Crippen LogP contribution in [0.1, 0.15) is 53.6 Å². The standard InChI is InChI=1S/C28H33N3O4.ClH/c1-2-3-6-14-31(26(33)19-32)28(35)25(23-13-12-21-9-4-5-10-22(21)16-23)18-30-27(34)24-11-7-8-20(15-24)17-29;/h4-5,7-13,15-16,25,32H,2-3,6,14,17-19,29H2,1H3,(H,30,34);1H. The Labute approximate surface area is 218 Å². The predicted octanol–water partition coefficient (Wildman–Crippen LogP) is 3.77. The van der Waals surface area contributed by atoms with E-state index in [0.717, 1.165) is 34.1 Å². The molecule has 1 atom stereocenters. The van der Waals surface area contributed by atoms with Gasteiger partial charge in [-0.2, -0.15) is 0 Å². The van der Waals surface area contributed by atoms with Crippen LogP contribution in [0.25, 0.3) is 10.8 Å². The number of fused-ring (bicyclic) bond motifs is 1. The minimum Gasteiger partial charge on any atom is -0.387 e. The summed E-state index contributed by atoms with van der Waals surface area (Å²) >= 11 is 0. The number of nitrogens with one attached hydrogen (secondary N) is 1. The van der Waals surface area contributed by atoms with Crippen LogP contribution >= 0.6 is 12.4 Å². The number of carbonyl (C=O) groups is 3. The van der Waals surface area contributed by atoms with E-state index in [1.807, 2.05) is 55.5 Å². The fourth-order valence-electron chi connectivity index (χ4n) is 4.06. The summed E-state index contributed by atoms with van der Waals surface area (Å²) in [5.41, 5.74) is 7.66. The number of benzene rings is 3. The van der Waals surface area contributed by atoms with Gasteiger partial charge in [-0.05, 0) is 40.5 Å². The highest BCUT2D eigenvalue weighted by Gasteiger charge is 2.30. The van der Waals surface area contributed by atoms with Crippen molar-refractivity contribution >= 4 is 40.9 Å². The van der Waals surface area contributed by atoms with Gasteiger partial charge in [-0.3, -0.25) is 19.3 Å². The van der Waals surface area contributed by atoms with Crippen molar-refractivity contribution in [2.75, 3.05) is 19.7 Å². The van der Waals surface area contributed by atoms with Gasteiger partial charge in [-0.25, -0.2) is 0 Å². The highest BCUT2D eigenvalue weighted by molar-refractivity contribution is 6.00. The molecule has 0 heterocycles. The maximum Gasteiger partial charge on any atom is 0.254 e. The molecule has 3 aromatic rings. The Morgan fingerprint density at radius 3 is 2.42 bits per heavy atom. The highest BCUT2D eigenvalue weighted by atomic mass is 35.5. The van der Waals surface area contributed by atoms with Crippen LogP contribution in [0, 0.1) is 0 Å². The molecule has 0 aliphatic heterocycles.